The topological polar surface area (TPSA) is 0 Å². The van der Waals surface area contributed by atoms with E-state index in [0.29, 0.717) is 0 Å². The summed E-state index contributed by atoms with van der Waals surface area (Å²) in [5.74, 6) is 0. The van der Waals surface area contributed by atoms with E-state index in [9.17, 15) is 0 Å². The molecular weight excluding hydrogens is 283 g/mol. The van der Waals surface area contributed by atoms with Crippen LogP contribution in [0.25, 0.3) is 0 Å². The van der Waals surface area contributed by atoms with E-state index in [-0.39, 0.29) is 7.43 Å². The number of hydrogen-bond donors (Lipinski definition) is 0. The van der Waals surface area contributed by atoms with Crippen molar-refractivity contribution in [3.8, 4) is 0 Å². The average molecular weight is 291 g/mol. The Bertz CT molecular complexity index is 3.25. The standard InChI is InChI=1S/C2H5.CH3.Cm/c1-2;;/h1H2,2H3;1H3;/q2*-1;. The molecule has 0 spiro atoms. The van der Waals surface area contributed by atoms with E-state index in [2.05, 4.69) is 6.92 Å². The summed E-state index contributed by atoms with van der Waals surface area (Å²) >= 11 is 0. The van der Waals surface area contributed by atoms with Gasteiger partial charge in [-0.1, -0.05) is 0 Å². The molecule has 0 aromatic carbocycles. The largest absolute Gasteiger partial charge is 0.358 e. The molecule has 0 aliphatic rings. The Kier molecular flexibility index (Phi) is 0. The predicted molar refractivity (Wildman–Crippen MR) is 17.4 cm³/mol. The SMILES string of the molecule is [CH2-]C.[CH3-].[Cm]. The molecule has 0 atom stereocenters. The van der Waals surface area contributed by atoms with E-state index in [4.69, 9.17) is 0 Å². The van der Waals surface area contributed by atoms with E-state index in [1.165, 1.54) is 0 Å². The number of hydrogen-bond acceptors (Lipinski definition) is 0. The van der Waals surface area contributed by atoms with Crippen molar-refractivity contribution in [2.75, 3.05) is 0 Å². The molecule has 1 heteroatoms. The first-order valence-corrected chi connectivity index (χ1v) is 0.707. The maximum Gasteiger partial charge on any atom is 0 e. The Labute approximate surface area is 22.5 Å². The predicted octanol–water partition coefficient (Wildman–Crippen LogP) is 1.29. The molecule has 0 rings (SSSR count). The molecular formula is C3H8Cm-2. The average Bonchev–Trinajstić information content (AvgIpc) is 1.00. The normalized spacial score (nSPS) is 1.50. The molecule has 0 amide bonds. The van der Waals surface area contributed by atoms with Crippen LogP contribution in [0, 0.1) is 14.4 Å². The molecule has 0 aliphatic heterocycles. The number of rotatable bonds is 0. The van der Waals surface area contributed by atoms with Crippen LogP contribution in [-0.2, 0) is 0 Å². The fourth-order valence-corrected chi connectivity index (χ4v) is 0. The molecule has 0 heterocycles. The molecule has 0 radical (unpaired) electrons. The second kappa shape index (κ2) is 2.00. The maximum absolute atomic E-state index is 3.25. The smallest absolute Gasteiger partial charge is 0 e. The minimum Gasteiger partial charge on any atom is -0.358 e. The van der Waals surface area contributed by atoms with Gasteiger partial charge in [-0.3, -0.25) is 0 Å². The summed E-state index contributed by atoms with van der Waals surface area (Å²) in [6, 6.07) is 0. The van der Waals surface area contributed by atoms with Gasteiger partial charge in [0.25, 0.3) is 0 Å². The third-order valence-electron chi connectivity index (χ3n) is 0. The monoisotopic (exact) mass is 287 g/mol. The minimum atomic E-state index is 0. The second-order valence-corrected chi connectivity index (χ2v) is 0. The van der Waals surface area contributed by atoms with Crippen LogP contribution >= 0.6 is 0 Å². The molecule has 0 N–H and O–H groups in total. The van der Waals surface area contributed by atoms with E-state index < -0.39 is 0 Å². The van der Waals surface area contributed by atoms with Crippen LogP contribution in [0.15, 0.2) is 0 Å². The Balaban J connectivity index is -0.00000000500. The molecule has 4 heavy (non-hydrogen) atoms. The van der Waals surface area contributed by atoms with Crippen molar-refractivity contribution in [1.29, 1.82) is 0 Å². The molecule has 0 unspecified atom stereocenters. The van der Waals surface area contributed by atoms with Crippen molar-refractivity contribution in [2.24, 2.45) is 0 Å². The van der Waals surface area contributed by atoms with Crippen LogP contribution in [0.3, 0.4) is 0 Å². The van der Waals surface area contributed by atoms with Crippen molar-refractivity contribution in [1.82, 2.24) is 0 Å². The molecule has 0 saturated carbocycles. The van der Waals surface area contributed by atoms with Gasteiger partial charge in [0.05, 0.1) is 0 Å². The summed E-state index contributed by atoms with van der Waals surface area (Å²) in [7, 11) is 0. The summed E-state index contributed by atoms with van der Waals surface area (Å²) in [6.07, 6.45) is 0. The molecule has 0 aliphatic carbocycles. The second-order valence-electron chi connectivity index (χ2n) is 0. The Morgan fingerprint density at radius 2 is 1.25 bits per heavy atom. The van der Waals surface area contributed by atoms with Gasteiger partial charge in [-0.2, -0.15) is 6.92 Å². The van der Waals surface area contributed by atoms with Gasteiger partial charge >= 0.3 is 0 Å². The quantitative estimate of drug-likeness (QED) is 0.590. The van der Waals surface area contributed by atoms with Crippen molar-refractivity contribution >= 4 is 0 Å². The van der Waals surface area contributed by atoms with Gasteiger partial charge in [0.2, 0.25) is 0 Å². The van der Waals surface area contributed by atoms with Gasteiger partial charge < -0.3 is 14.4 Å². The van der Waals surface area contributed by atoms with Gasteiger partial charge in [0, 0.05) is 0 Å². The molecule has 0 saturated heterocycles. The summed E-state index contributed by atoms with van der Waals surface area (Å²) in [6.45, 7) is 5.00. The maximum atomic E-state index is 3.25. The molecule has 0 fully saturated rings. The third kappa shape index (κ3) is 0. The van der Waals surface area contributed by atoms with Crippen LogP contribution in [0.1, 0.15) is 6.92 Å². The van der Waals surface area contributed by atoms with E-state index in [1.54, 1.807) is 6.92 Å². The Morgan fingerprint density at radius 1 is 1.25 bits per heavy atom. The Hall–Kier alpha value is -1.00. The van der Waals surface area contributed by atoms with E-state index >= 15 is 0 Å². The fourth-order valence-electron chi connectivity index (χ4n) is 0. The summed E-state index contributed by atoms with van der Waals surface area (Å²) < 4.78 is 0. The summed E-state index contributed by atoms with van der Waals surface area (Å²) in [5.41, 5.74) is 0. The minimum absolute atomic E-state index is 0. The van der Waals surface area contributed by atoms with Crippen LogP contribution in [0.5, 0.6) is 0 Å². The first-order valence-electron chi connectivity index (χ1n) is 0.707. The van der Waals surface area contributed by atoms with Gasteiger partial charge in [0.15, 0.2) is 0 Å². The first kappa shape index (κ1) is 0. The zero-order valence-electron chi connectivity index (χ0n) is 3.06. The van der Waals surface area contributed by atoms with Crippen LogP contribution in [0.2, 0.25) is 0 Å². The molecule has 0 bridgehead atoms. The van der Waals surface area contributed by atoms with Gasteiger partial charge in [-0.25, -0.2) is 0 Å². The summed E-state index contributed by atoms with van der Waals surface area (Å²) in [5, 5.41) is 0. The zero-order valence-corrected chi connectivity index (χ0v) is 6.00. The fraction of sp³-hybridized carbons (Fsp3) is 0.333. The van der Waals surface area contributed by atoms with Crippen LogP contribution in [-0.4, -0.2) is 0 Å². The van der Waals surface area contributed by atoms with Gasteiger partial charge in [0.1, 0.15) is 0 Å². The van der Waals surface area contributed by atoms with Gasteiger partial charge in [-0.15, -0.1) is 0 Å². The van der Waals surface area contributed by atoms with Gasteiger partial charge in [-0.05, 0) is 0 Å². The summed E-state index contributed by atoms with van der Waals surface area (Å²) in [4.78, 5) is 0. The molecule has 0 aromatic rings. The van der Waals surface area contributed by atoms with Crippen molar-refractivity contribution in [3.63, 3.8) is 0 Å². The van der Waals surface area contributed by atoms with Crippen molar-refractivity contribution < 1.29 is 0 Å². The van der Waals surface area contributed by atoms with Crippen molar-refractivity contribution in [2.45, 2.75) is 6.92 Å². The van der Waals surface area contributed by atoms with Crippen molar-refractivity contribution in [3.05, 3.63) is 14.4 Å². The molecule has 30 valence electrons. The Morgan fingerprint density at radius 3 is 1.25 bits per heavy atom. The van der Waals surface area contributed by atoms with E-state index in [1.807, 2.05) is 0 Å². The molecule has 0 nitrogen and oxygen atoms in total. The first-order chi connectivity index (χ1) is 1.00. The van der Waals surface area contributed by atoms with Crippen LogP contribution in [0.4, 0.5) is 0 Å². The third-order valence-corrected chi connectivity index (χ3v) is 0. The van der Waals surface area contributed by atoms with E-state index in [0.717, 1.165) is 0 Å². The zero-order chi connectivity index (χ0) is 2.00. The molecule has 0 aromatic heterocycles. The van der Waals surface area contributed by atoms with Crippen LogP contribution < -0.4 is 0 Å².